The molecule has 1 aliphatic rings. The first-order chi connectivity index (χ1) is 12.5. The Kier molecular flexibility index (Phi) is 16.5. The van der Waals surface area contributed by atoms with Crippen molar-refractivity contribution in [2.24, 2.45) is 11.5 Å². The molecule has 3 atom stereocenters. The van der Waals surface area contributed by atoms with Crippen molar-refractivity contribution in [3.05, 3.63) is 0 Å². The molecule has 158 valence electrons. The molecular weight excluding hydrogens is 382 g/mol. The predicted octanol–water partition coefficient (Wildman–Crippen LogP) is -0.762. The van der Waals surface area contributed by atoms with Crippen LogP contribution in [0.5, 0.6) is 0 Å². The molecule has 1 heterocycles. The molecule has 0 aromatic rings. The van der Waals surface area contributed by atoms with E-state index in [-0.39, 0.29) is 18.9 Å². The fourth-order valence-electron chi connectivity index (χ4n) is 1.67. The third-order valence-corrected chi connectivity index (χ3v) is 3.94. The zero-order valence-corrected chi connectivity index (χ0v) is 16.0. The Labute approximate surface area is 161 Å². The lowest BCUT2D eigenvalue weighted by Crippen LogP contribution is -2.30. The van der Waals surface area contributed by atoms with Crippen LogP contribution in [0.4, 0.5) is 0 Å². The number of hydrogen-bond acceptors (Lipinski definition) is 8. The van der Waals surface area contributed by atoms with Gasteiger partial charge in [-0.15, -0.1) is 0 Å². The van der Waals surface area contributed by atoms with Crippen LogP contribution in [-0.4, -0.2) is 81.0 Å². The van der Waals surface area contributed by atoms with Crippen molar-refractivity contribution in [3.63, 3.8) is 0 Å². The zero-order valence-electron chi connectivity index (χ0n) is 15.2. The van der Waals surface area contributed by atoms with Gasteiger partial charge in [0.05, 0.1) is 0 Å². The molecule has 1 saturated heterocycles. The van der Waals surface area contributed by atoms with Crippen LogP contribution in [0.1, 0.15) is 32.1 Å². The SMILES string of the molecule is CSCCC(N)C(=O)O.NC(CCC(=O)O)C(=O)O.O=C(O)[C@@H]1CCCN1. The standard InChI is InChI=1S/C5H9NO4.C5H11NO2S.C5H9NO2/c6-3(5(9)10)1-2-4(7)8;1-9-3-2-4(6)5(7)8;7-5(8)4-2-1-3-6-4/h3H,1-2,6H2,(H,7,8)(H,9,10);4H,2-3,6H2,1H3,(H,7,8);4,6H,1-3H2,(H,7,8)/t;;4-/m..0/s1. The van der Waals surface area contributed by atoms with Gasteiger partial charge in [0, 0.05) is 6.42 Å². The smallest absolute Gasteiger partial charge is 0.320 e. The second-order valence-electron chi connectivity index (χ2n) is 5.59. The molecule has 1 rings (SSSR count). The van der Waals surface area contributed by atoms with E-state index in [9.17, 15) is 19.2 Å². The fourth-order valence-corrected chi connectivity index (χ4v) is 2.16. The van der Waals surface area contributed by atoms with E-state index in [4.69, 9.17) is 31.9 Å². The van der Waals surface area contributed by atoms with Crippen molar-refractivity contribution in [3.8, 4) is 0 Å². The second kappa shape index (κ2) is 16.3. The number of nitrogens with one attached hydrogen (secondary N) is 1. The third-order valence-electron chi connectivity index (χ3n) is 3.29. The van der Waals surface area contributed by atoms with Crippen molar-refractivity contribution in [1.29, 1.82) is 0 Å². The molecule has 12 heteroatoms. The van der Waals surface area contributed by atoms with Gasteiger partial charge in [0.25, 0.3) is 0 Å². The monoisotopic (exact) mass is 411 g/mol. The minimum Gasteiger partial charge on any atom is -0.481 e. The topological polar surface area (TPSA) is 213 Å². The number of carboxylic acid groups (broad SMARTS) is 4. The van der Waals surface area contributed by atoms with E-state index in [2.05, 4.69) is 5.32 Å². The molecule has 2 unspecified atom stereocenters. The van der Waals surface area contributed by atoms with Gasteiger partial charge < -0.3 is 37.2 Å². The highest BCUT2D eigenvalue weighted by atomic mass is 32.2. The fraction of sp³-hybridized carbons (Fsp3) is 0.733. The Balaban J connectivity index is 0. The summed E-state index contributed by atoms with van der Waals surface area (Å²) in [7, 11) is 0. The molecule has 0 amide bonds. The summed E-state index contributed by atoms with van der Waals surface area (Å²) >= 11 is 1.60. The molecule has 0 bridgehead atoms. The number of hydrogen-bond donors (Lipinski definition) is 7. The lowest BCUT2D eigenvalue weighted by atomic mass is 10.2. The molecule has 0 aromatic carbocycles. The van der Waals surface area contributed by atoms with Gasteiger partial charge in [-0.25, -0.2) is 0 Å². The van der Waals surface area contributed by atoms with E-state index in [1.165, 1.54) is 0 Å². The lowest BCUT2D eigenvalue weighted by molar-refractivity contribution is -0.141. The summed E-state index contributed by atoms with van der Waals surface area (Å²) in [6, 6.07) is -2.01. The highest BCUT2D eigenvalue weighted by Gasteiger charge is 2.20. The normalized spacial score (nSPS) is 17.4. The van der Waals surface area contributed by atoms with E-state index in [0.29, 0.717) is 6.42 Å². The van der Waals surface area contributed by atoms with Crippen LogP contribution >= 0.6 is 11.8 Å². The van der Waals surface area contributed by atoms with Gasteiger partial charge in [-0.05, 0) is 44.2 Å². The molecule has 0 aromatic heterocycles. The highest BCUT2D eigenvalue weighted by molar-refractivity contribution is 7.98. The zero-order chi connectivity index (χ0) is 21.4. The van der Waals surface area contributed by atoms with Crippen molar-refractivity contribution in [2.75, 3.05) is 18.6 Å². The Morgan fingerprint density at radius 3 is 1.85 bits per heavy atom. The Bertz CT molecular complexity index is 472. The van der Waals surface area contributed by atoms with E-state index < -0.39 is 36.0 Å². The summed E-state index contributed by atoms with van der Waals surface area (Å²) in [6.45, 7) is 0.858. The molecule has 27 heavy (non-hydrogen) atoms. The summed E-state index contributed by atoms with van der Waals surface area (Å²) in [5, 5.41) is 35.8. The third kappa shape index (κ3) is 17.3. The van der Waals surface area contributed by atoms with E-state index in [0.717, 1.165) is 25.1 Å². The molecule has 1 aliphatic heterocycles. The van der Waals surface area contributed by atoms with Gasteiger partial charge in [0.15, 0.2) is 0 Å². The maximum atomic E-state index is 10.1. The number of carbonyl (C=O) groups is 4. The van der Waals surface area contributed by atoms with E-state index in [1.807, 2.05) is 6.26 Å². The van der Waals surface area contributed by atoms with Gasteiger partial charge in [0.1, 0.15) is 18.1 Å². The Hall–Kier alpha value is -1.89. The average molecular weight is 411 g/mol. The van der Waals surface area contributed by atoms with Crippen LogP contribution in [-0.2, 0) is 19.2 Å². The minimum absolute atomic E-state index is 0.0231. The quantitative estimate of drug-likeness (QED) is 0.249. The molecule has 9 N–H and O–H groups in total. The number of aliphatic carboxylic acids is 4. The van der Waals surface area contributed by atoms with Gasteiger partial charge >= 0.3 is 23.9 Å². The number of rotatable bonds is 9. The van der Waals surface area contributed by atoms with Crippen LogP contribution in [0.2, 0.25) is 0 Å². The average Bonchev–Trinajstić information content (AvgIpc) is 3.13. The number of carboxylic acids is 4. The van der Waals surface area contributed by atoms with Crippen LogP contribution in [0, 0.1) is 0 Å². The maximum Gasteiger partial charge on any atom is 0.320 e. The summed E-state index contributed by atoms with van der Waals surface area (Å²) in [4.78, 5) is 40.1. The Morgan fingerprint density at radius 2 is 1.56 bits per heavy atom. The van der Waals surface area contributed by atoms with Gasteiger partial charge in [-0.2, -0.15) is 11.8 Å². The lowest BCUT2D eigenvalue weighted by Gasteiger charge is -2.02. The van der Waals surface area contributed by atoms with Crippen molar-refractivity contribution in [1.82, 2.24) is 5.32 Å². The minimum atomic E-state index is -1.17. The highest BCUT2D eigenvalue weighted by Crippen LogP contribution is 2.03. The summed E-state index contributed by atoms with van der Waals surface area (Å²) in [6.07, 6.45) is 4.04. The summed E-state index contributed by atoms with van der Waals surface area (Å²) in [5.74, 6) is -3.02. The maximum absolute atomic E-state index is 10.1. The second-order valence-corrected chi connectivity index (χ2v) is 6.58. The first-order valence-corrected chi connectivity index (χ1v) is 9.55. The largest absolute Gasteiger partial charge is 0.481 e. The van der Waals surface area contributed by atoms with E-state index in [1.54, 1.807) is 11.8 Å². The van der Waals surface area contributed by atoms with Crippen LogP contribution < -0.4 is 16.8 Å². The first-order valence-electron chi connectivity index (χ1n) is 8.16. The predicted molar refractivity (Wildman–Crippen MR) is 99.8 cm³/mol. The molecule has 1 fully saturated rings. The number of thioether (sulfide) groups is 1. The van der Waals surface area contributed by atoms with Crippen molar-refractivity contribution >= 4 is 35.6 Å². The van der Waals surface area contributed by atoms with Crippen LogP contribution in [0.25, 0.3) is 0 Å². The first kappa shape index (κ1) is 27.3. The molecule has 0 radical (unpaired) electrons. The van der Waals surface area contributed by atoms with Crippen LogP contribution in [0.15, 0.2) is 0 Å². The van der Waals surface area contributed by atoms with Crippen molar-refractivity contribution in [2.45, 2.75) is 50.2 Å². The van der Waals surface area contributed by atoms with Gasteiger partial charge in [-0.3, -0.25) is 19.2 Å². The molecule has 0 aliphatic carbocycles. The summed E-state index contributed by atoms with van der Waals surface area (Å²) < 4.78 is 0. The van der Waals surface area contributed by atoms with Crippen LogP contribution in [0.3, 0.4) is 0 Å². The molecule has 0 spiro atoms. The molecular formula is C15H29N3O8S. The van der Waals surface area contributed by atoms with E-state index >= 15 is 0 Å². The van der Waals surface area contributed by atoms with Gasteiger partial charge in [0.2, 0.25) is 0 Å². The van der Waals surface area contributed by atoms with Gasteiger partial charge in [-0.1, -0.05) is 0 Å². The number of nitrogens with two attached hydrogens (primary N) is 2. The molecule has 11 nitrogen and oxygen atoms in total. The Morgan fingerprint density at radius 1 is 1.04 bits per heavy atom. The molecule has 0 saturated carbocycles. The summed E-state index contributed by atoms with van der Waals surface area (Å²) in [5.41, 5.74) is 10.2. The van der Waals surface area contributed by atoms with Crippen molar-refractivity contribution < 1.29 is 39.6 Å².